The largest absolute Gasteiger partial charge is 0.350 e. The number of likely N-dealkylation sites (tertiary alicyclic amines) is 1. The molecular formula is C18H24N4S. The fourth-order valence-electron chi connectivity index (χ4n) is 3.01. The molecule has 1 saturated heterocycles. The molecule has 1 N–H and O–H groups in total. The van der Waals surface area contributed by atoms with Gasteiger partial charge in [0.25, 0.3) is 0 Å². The molecular weight excluding hydrogens is 304 g/mol. The van der Waals surface area contributed by atoms with Gasteiger partial charge in [-0.2, -0.15) is 0 Å². The van der Waals surface area contributed by atoms with Gasteiger partial charge in [0.1, 0.15) is 0 Å². The lowest BCUT2D eigenvalue weighted by Crippen LogP contribution is -2.41. The van der Waals surface area contributed by atoms with Crippen LogP contribution in [0, 0.1) is 6.92 Å². The van der Waals surface area contributed by atoms with Gasteiger partial charge in [-0.1, -0.05) is 12.1 Å². The lowest BCUT2D eigenvalue weighted by Gasteiger charge is -2.33. The number of nitrogens with zero attached hydrogens (tertiary/aromatic N) is 3. The lowest BCUT2D eigenvalue weighted by molar-refractivity contribution is 0.208. The van der Waals surface area contributed by atoms with Crippen LogP contribution in [0.5, 0.6) is 0 Å². The van der Waals surface area contributed by atoms with Gasteiger partial charge in [0, 0.05) is 35.9 Å². The minimum atomic E-state index is 0.427. The zero-order chi connectivity index (χ0) is 16.1. The molecule has 122 valence electrons. The van der Waals surface area contributed by atoms with Crippen molar-refractivity contribution >= 4 is 17.7 Å². The van der Waals surface area contributed by atoms with Gasteiger partial charge in [-0.3, -0.25) is 4.90 Å². The third kappa shape index (κ3) is 4.69. The van der Waals surface area contributed by atoms with E-state index in [1.165, 1.54) is 23.3 Å². The maximum absolute atomic E-state index is 4.45. The standard InChI is InChI=1S/C18H24N4S/c1-14-9-10-19-18(20-14)21-16-4-3-11-22(13-16)12-15-5-7-17(23-2)8-6-15/h5-10,16H,3-4,11-13H2,1-2H3,(H,19,20,21). The van der Waals surface area contributed by atoms with Gasteiger partial charge in [-0.25, -0.2) is 9.97 Å². The van der Waals surface area contributed by atoms with Crippen molar-refractivity contribution < 1.29 is 0 Å². The molecule has 1 aromatic carbocycles. The fraction of sp³-hybridized carbons (Fsp3) is 0.444. The number of hydrogen-bond donors (Lipinski definition) is 1. The summed E-state index contributed by atoms with van der Waals surface area (Å²) in [7, 11) is 0. The number of benzene rings is 1. The second-order valence-electron chi connectivity index (χ2n) is 6.09. The number of aryl methyl sites for hydroxylation is 1. The van der Waals surface area contributed by atoms with Crippen molar-refractivity contribution in [1.29, 1.82) is 0 Å². The van der Waals surface area contributed by atoms with Crippen LogP contribution in [-0.2, 0) is 6.54 Å². The van der Waals surface area contributed by atoms with E-state index in [0.29, 0.717) is 6.04 Å². The van der Waals surface area contributed by atoms with Crippen LogP contribution in [0.15, 0.2) is 41.4 Å². The summed E-state index contributed by atoms with van der Waals surface area (Å²) in [5.41, 5.74) is 2.39. The molecule has 0 amide bonds. The first kappa shape index (κ1) is 16.3. The maximum atomic E-state index is 4.45. The fourth-order valence-corrected chi connectivity index (χ4v) is 3.42. The topological polar surface area (TPSA) is 41.0 Å². The van der Waals surface area contributed by atoms with Crippen molar-refractivity contribution in [2.75, 3.05) is 24.7 Å². The van der Waals surface area contributed by atoms with Gasteiger partial charge in [-0.05, 0) is 56.3 Å². The van der Waals surface area contributed by atoms with E-state index in [0.717, 1.165) is 31.3 Å². The van der Waals surface area contributed by atoms with Gasteiger partial charge in [0.2, 0.25) is 5.95 Å². The number of aromatic nitrogens is 2. The number of anilines is 1. The third-order valence-corrected chi connectivity index (χ3v) is 4.94. The molecule has 1 aromatic heterocycles. The zero-order valence-electron chi connectivity index (χ0n) is 13.8. The Balaban J connectivity index is 1.57. The predicted molar refractivity (Wildman–Crippen MR) is 96.9 cm³/mol. The van der Waals surface area contributed by atoms with Crippen molar-refractivity contribution in [1.82, 2.24) is 14.9 Å². The smallest absolute Gasteiger partial charge is 0.223 e. The van der Waals surface area contributed by atoms with E-state index in [-0.39, 0.29) is 0 Å². The van der Waals surface area contributed by atoms with Gasteiger partial charge < -0.3 is 5.32 Å². The van der Waals surface area contributed by atoms with Crippen LogP contribution in [0.3, 0.4) is 0 Å². The van der Waals surface area contributed by atoms with E-state index < -0.39 is 0 Å². The van der Waals surface area contributed by atoms with E-state index in [2.05, 4.69) is 50.7 Å². The molecule has 1 fully saturated rings. The van der Waals surface area contributed by atoms with Crippen molar-refractivity contribution in [2.45, 2.75) is 37.2 Å². The normalized spacial score (nSPS) is 18.8. The average molecular weight is 328 g/mol. The van der Waals surface area contributed by atoms with Crippen molar-refractivity contribution in [3.63, 3.8) is 0 Å². The molecule has 5 heteroatoms. The number of rotatable bonds is 5. The van der Waals surface area contributed by atoms with Crippen LogP contribution in [0.4, 0.5) is 5.95 Å². The monoisotopic (exact) mass is 328 g/mol. The highest BCUT2D eigenvalue weighted by molar-refractivity contribution is 7.98. The van der Waals surface area contributed by atoms with Gasteiger partial charge in [0.15, 0.2) is 0 Å². The van der Waals surface area contributed by atoms with Crippen molar-refractivity contribution in [3.05, 3.63) is 47.8 Å². The molecule has 0 radical (unpaired) electrons. The molecule has 2 aromatic rings. The molecule has 0 saturated carbocycles. The Morgan fingerprint density at radius 1 is 1.26 bits per heavy atom. The molecule has 1 aliphatic rings. The minimum absolute atomic E-state index is 0.427. The Morgan fingerprint density at radius 2 is 2.09 bits per heavy atom. The first-order valence-electron chi connectivity index (χ1n) is 8.14. The Bertz CT molecular complexity index is 629. The van der Waals surface area contributed by atoms with Crippen LogP contribution in [0.25, 0.3) is 0 Å². The second-order valence-corrected chi connectivity index (χ2v) is 6.97. The molecule has 3 rings (SSSR count). The van der Waals surface area contributed by atoms with E-state index in [1.54, 1.807) is 11.8 Å². The third-order valence-electron chi connectivity index (χ3n) is 4.20. The highest BCUT2D eigenvalue weighted by Gasteiger charge is 2.20. The predicted octanol–water partition coefficient (Wildman–Crippen LogP) is 3.58. The molecule has 4 nitrogen and oxygen atoms in total. The first-order valence-corrected chi connectivity index (χ1v) is 9.37. The quantitative estimate of drug-likeness (QED) is 0.850. The van der Waals surface area contributed by atoms with Crippen LogP contribution in [0.1, 0.15) is 24.1 Å². The number of thioether (sulfide) groups is 1. The molecule has 1 atom stereocenters. The van der Waals surface area contributed by atoms with Crippen molar-refractivity contribution in [3.8, 4) is 0 Å². The summed E-state index contributed by atoms with van der Waals surface area (Å²) in [4.78, 5) is 12.6. The maximum Gasteiger partial charge on any atom is 0.223 e. The Morgan fingerprint density at radius 3 is 2.83 bits per heavy atom. The molecule has 1 aliphatic heterocycles. The van der Waals surface area contributed by atoms with Gasteiger partial charge in [-0.15, -0.1) is 11.8 Å². The Kier molecular flexibility index (Phi) is 5.51. The highest BCUT2D eigenvalue weighted by atomic mass is 32.2. The molecule has 0 aliphatic carbocycles. The minimum Gasteiger partial charge on any atom is -0.350 e. The van der Waals surface area contributed by atoms with Gasteiger partial charge >= 0.3 is 0 Å². The summed E-state index contributed by atoms with van der Waals surface area (Å²) in [6.45, 7) is 5.22. The van der Waals surface area contributed by atoms with Crippen LogP contribution in [-0.4, -0.2) is 40.3 Å². The van der Waals surface area contributed by atoms with E-state index >= 15 is 0 Å². The van der Waals surface area contributed by atoms with Crippen LogP contribution >= 0.6 is 11.8 Å². The first-order chi connectivity index (χ1) is 11.2. The van der Waals surface area contributed by atoms with E-state index in [1.807, 2.05) is 19.2 Å². The SMILES string of the molecule is CSc1ccc(CN2CCCC(Nc3nccc(C)n3)C2)cc1. The summed E-state index contributed by atoms with van der Waals surface area (Å²) in [5.74, 6) is 0.751. The number of piperidine rings is 1. The van der Waals surface area contributed by atoms with Crippen LogP contribution < -0.4 is 5.32 Å². The molecule has 2 heterocycles. The summed E-state index contributed by atoms with van der Waals surface area (Å²) < 4.78 is 0. The zero-order valence-corrected chi connectivity index (χ0v) is 14.6. The Hall–Kier alpha value is -1.59. The number of hydrogen-bond acceptors (Lipinski definition) is 5. The summed E-state index contributed by atoms with van der Waals surface area (Å²) >= 11 is 1.79. The van der Waals surface area contributed by atoms with Gasteiger partial charge in [0.05, 0.1) is 0 Å². The summed E-state index contributed by atoms with van der Waals surface area (Å²) in [5, 5.41) is 3.49. The van der Waals surface area contributed by atoms with E-state index in [9.17, 15) is 0 Å². The molecule has 23 heavy (non-hydrogen) atoms. The molecule has 0 bridgehead atoms. The second kappa shape index (κ2) is 7.79. The van der Waals surface area contributed by atoms with E-state index in [4.69, 9.17) is 0 Å². The molecule has 0 spiro atoms. The lowest BCUT2D eigenvalue weighted by atomic mass is 10.0. The van der Waals surface area contributed by atoms with Crippen LogP contribution in [0.2, 0.25) is 0 Å². The number of nitrogens with one attached hydrogen (secondary N) is 1. The average Bonchev–Trinajstić information content (AvgIpc) is 2.56. The summed E-state index contributed by atoms with van der Waals surface area (Å²) in [6.07, 6.45) is 6.33. The Labute approximate surface area is 142 Å². The highest BCUT2D eigenvalue weighted by Crippen LogP contribution is 2.19. The van der Waals surface area contributed by atoms with Crippen molar-refractivity contribution in [2.24, 2.45) is 0 Å². The molecule has 1 unspecified atom stereocenters. The summed E-state index contributed by atoms with van der Waals surface area (Å²) in [6, 6.07) is 11.3.